The molecule has 1 aromatic rings. The molecule has 1 atom stereocenters. The maximum Gasteiger partial charge on any atom is 0.311 e. The molecule has 1 aliphatic heterocycles. The summed E-state index contributed by atoms with van der Waals surface area (Å²) in [5, 5.41) is 5.54. The molecule has 0 aromatic heterocycles. The van der Waals surface area contributed by atoms with Crippen molar-refractivity contribution < 1.29 is 18.8 Å². The van der Waals surface area contributed by atoms with Gasteiger partial charge in [0.2, 0.25) is 5.91 Å². The Hall–Kier alpha value is -2.44. The number of amides is 3. The first-order valence-corrected chi connectivity index (χ1v) is 9.11. The number of carbonyl (C=O) groups is 3. The third-order valence-electron chi connectivity index (χ3n) is 5.16. The minimum absolute atomic E-state index is 0.0925. The van der Waals surface area contributed by atoms with E-state index in [2.05, 4.69) is 10.6 Å². The van der Waals surface area contributed by atoms with Gasteiger partial charge in [-0.05, 0) is 49.9 Å². The maximum atomic E-state index is 13.3. The Labute approximate surface area is 152 Å². The Morgan fingerprint density at radius 1 is 1.15 bits per heavy atom. The van der Waals surface area contributed by atoms with E-state index < -0.39 is 11.8 Å². The van der Waals surface area contributed by atoms with Crippen LogP contribution < -0.4 is 10.6 Å². The van der Waals surface area contributed by atoms with Crippen LogP contribution in [0.5, 0.6) is 0 Å². The third-order valence-corrected chi connectivity index (χ3v) is 5.16. The van der Waals surface area contributed by atoms with E-state index in [0.29, 0.717) is 24.2 Å². The molecule has 1 aromatic carbocycles. The van der Waals surface area contributed by atoms with Crippen LogP contribution >= 0.6 is 0 Å². The van der Waals surface area contributed by atoms with Crippen molar-refractivity contribution in [2.75, 3.05) is 18.4 Å². The van der Waals surface area contributed by atoms with Gasteiger partial charge in [-0.15, -0.1) is 0 Å². The number of carbonyl (C=O) groups excluding carboxylic acids is 3. The topological polar surface area (TPSA) is 78.5 Å². The Morgan fingerprint density at radius 2 is 1.88 bits per heavy atom. The SMILES string of the molecule is Cc1cc(NC(=O)[C@H]2CCN(C(=O)C(=O)NC3CCCC3)C2)ccc1F. The molecular weight excluding hydrogens is 337 g/mol. The highest BCUT2D eigenvalue weighted by Gasteiger charge is 2.34. The van der Waals surface area contributed by atoms with Gasteiger partial charge < -0.3 is 15.5 Å². The molecule has 2 aliphatic rings. The average Bonchev–Trinajstić information content (AvgIpc) is 3.29. The van der Waals surface area contributed by atoms with E-state index in [0.717, 1.165) is 25.7 Å². The fourth-order valence-corrected chi connectivity index (χ4v) is 3.59. The van der Waals surface area contributed by atoms with Crippen LogP contribution in [0.25, 0.3) is 0 Å². The first-order chi connectivity index (χ1) is 12.4. The quantitative estimate of drug-likeness (QED) is 0.808. The van der Waals surface area contributed by atoms with E-state index in [-0.39, 0.29) is 30.2 Å². The van der Waals surface area contributed by atoms with Crippen LogP contribution in [0.15, 0.2) is 18.2 Å². The van der Waals surface area contributed by atoms with E-state index >= 15 is 0 Å². The Bertz CT molecular complexity index is 716. The number of halogens is 1. The number of nitrogens with zero attached hydrogens (tertiary/aromatic N) is 1. The Morgan fingerprint density at radius 3 is 2.58 bits per heavy atom. The van der Waals surface area contributed by atoms with Gasteiger partial charge in [0.1, 0.15) is 5.82 Å². The lowest BCUT2D eigenvalue weighted by Crippen LogP contribution is -2.45. The van der Waals surface area contributed by atoms with Gasteiger partial charge in [-0.1, -0.05) is 12.8 Å². The summed E-state index contributed by atoms with van der Waals surface area (Å²) < 4.78 is 13.3. The first-order valence-electron chi connectivity index (χ1n) is 9.11. The number of benzene rings is 1. The minimum atomic E-state index is -0.577. The lowest BCUT2D eigenvalue weighted by Gasteiger charge is -2.18. The predicted octanol–water partition coefficient (Wildman–Crippen LogP) is 1.98. The van der Waals surface area contributed by atoms with E-state index in [1.54, 1.807) is 13.0 Å². The van der Waals surface area contributed by atoms with E-state index in [9.17, 15) is 18.8 Å². The van der Waals surface area contributed by atoms with Crippen molar-refractivity contribution >= 4 is 23.4 Å². The molecule has 1 saturated heterocycles. The van der Waals surface area contributed by atoms with Crippen LogP contribution in [-0.2, 0) is 14.4 Å². The lowest BCUT2D eigenvalue weighted by atomic mass is 10.1. The average molecular weight is 361 g/mol. The maximum absolute atomic E-state index is 13.3. The van der Waals surface area contributed by atoms with Crippen LogP contribution in [0, 0.1) is 18.7 Å². The molecule has 2 N–H and O–H groups in total. The third kappa shape index (κ3) is 4.20. The van der Waals surface area contributed by atoms with E-state index in [1.807, 2.05) is 0 Å². The van der Waals surface area contributed by atoms with Gasteiger partial charge in [-0.3, -0.25) is 14.4 Å². The standard InChI is InChI=1S/C19H24FN3O3/c1-12-10-15(6-7-16(12)20)22-17(24)13-8-9-23(11-13)19(26)18(25)21-14-4-2-3-5-14/h6-7,10,13-14H,2-5,8-9,11H2,1H3,(H,21,25)(H,22,24)/t13-/m0/s1. The molecule has 7 heteroatoms. The van der Waals surface area contributed by atoms with Crippen molar-refractivity contribution in [3.05, 3.63) is 29.6 Å². The summed E-state index contributed by atoms with van der Waals surface area (Å²) >= 11 is 0. The largest absolute Gasteiger partial charge is 0.345 e. The number of hydrogen-bond donors (Lipinski definition) is 2. The summed E-state index contributed by atoms with van der Waals surface area (Å²) in [6, 6.07) is 4.48. The zero-order valence-corrected chi connectivity index (χ0v) is 14.9. The van der Waals surface area contributed by atoms with Crippen LogP contribution in [-0.4, -0.2) is 41.8 Å². The second-order valence-corrected chi connectivity index (χ2v) is 7.14. The Kier molecular flexibility index (Phi) is 5.54. The summed E-state index contributed by atoms with van der Waals surface area (Å²) in [7, 11) is 0. The first kappa shape index (κ1) is 18.4. The van der Waals surface area contributed by atoms with E-state index in [1.165, 1.54) is 17.0 Å². The number of nitrogens with one attached hydrogen (secondary N) is 2. The highest BCUT2D eigenvalue weighted by Crippen LogP contribution is 2.21. The molecule has 0 unspecified atom stereocenters. The van der Waals surface area contributed by atoms with Crippen molar-refractivity contribution in [2.24, 2.45) is 5.92 Å². The normalized spacial score (nSPS) is 20.2. The van der Waals surface area contributed by atoms with Gasteiger partial charge in [0.25, 0.3) is 0 Å². The molecule has 1 saturated carbocycles. The fourth-order valence-electron chi connectivity index (χ4n) is 3.59. The second kappa shape index (κ2) is 7.85. The number of hydrogen-bond acceptors (Lipinski definition) is 3. The number of likely N-dealkylation sites (tertiary alicyclic amines) is 1. The monoisotopic (exact) mass is 361 g/mol. The van der Waals surface area contributed by atoms with Crippen molar-refractivity contribution in [3.8, 4) is 0 Å². The van der Waals surface area contributed by atoms with Crippen LogP contribution in [0.1, 0.15) is 37.7 Å². The van der Waals surface area contributed by atoms with Crippen LogP contribution in [0.3, 0.4) is 0 Å². The summed E-state index contributed by atoms with van der Waals surface area (Å²) in [5.41, 5.74) is 0.979. The molecule has 1 heterocycles. The molecule has 0 bridgehead atoms. The summed E-state index contributed by atoms with van der Waals surface area (Å²) in [6.45, 7) is 2.24. The molecule has 6 nitrogen and oxygen atoms in total. The van der Waals surface area contributed by atoms with E-state index in [4.69, 9.17) is 0 Å². The number of aryl methyl sites for hydroxylation is 1. The highest BCUT2D eigenvalue weighted by atomic mass is 19.1. The van der Waals surface area contributed by atoms with Gasteiger partial charge >= 0.3 is 11.8 Å². The minimum Gasteiger partial charge on any atom is -0.345 e. The van der Waals surface area contributed by atoms with Gasteiger partial charge in [-0.2, -0.15) is 0 Å². The molecule has 3 amide bonds. The smallest absolute Gasteiger partial charge is 0.311 e. The second-order valence-electron chi connectivity index (χ2n) is 7.14. The number of rotatable bonds is 3. The molecule has 3 rings (SSSR count). The molecule has 0 radical (unpaired) electrons. The molecule has 0 spiro atoms. The number of anilines is 1. The lowest BCUT2D eigenvalue weighted by molar-refractivity contribution is -0.145. The fraction of sp³-hybridized carbons (Fsp3) is 0.526. The zero-order valence-electron chi connectivity index (χ0n) is 14.9. The van der Waals surface area contributed by atoms with Gasteiger partial charge in [0.05, 0.1) is 5.92 Å². The van der Waals surface area contributed by atoms with Crippen molar-refractivity contribution in [1.29, 1.82) is 0 Å². The van der Waals surface area contributed by atoms with Crippen molar-refractivity contribution in [2.45, 2.75) is 45.1 Å². The summed E-state index contributed by atoms with van der Waals surface area (Å²) in [4.78, 5) is 38.2. The molecule has 2 fully saturated rings. The predicted molar refractivity (Wildman–Crippen MR) is 94.9 cm³/mol. The van der Waals surface area contributed by atoms with Gasteiger partial charge in [-0.25, -0.2) is 4.39 Å². The van der Waals surface area contributed by atoms with Crippen LogP contribution in [0.2, 0.25) is 0 Å². The molecular formula is C19H24FN3O3. The van der Waals surface area contributed by atoms with Crippen LogP contribution in [0.4, 0.5) is 10.1 Å². The summed E-state index contributed by atoms with van der Waals surface area (Å²) in [6.07, 6.45) is 4.50. The Balaban J connectivity index is 1.52. The van der Waals surface area contributed by atoms with Gasteiger partial charge in [0.15, 0.2) is 0 Å². The van der Waals surface area contributed by atoms with Crippen molar-refractivity contribution in [1.82, 2.24) is 10.2 Å². The summed E-state index contributed by atoms with van der Waals surface area (Å²) in [5.74, 6) is -2.06. The highest BCUT2D eigenvalue weighted by molar-refractivity contribution is 6.35. The van der Waals surface area contributed by atoms with Gasteiger partial charge in [0, 0.05) is 24.8 Å². The zero-order chi connectivity index (χ0) is 18.7. The molecule has 140 valence electrons. The molecule has 26 heavy (non-hydrogen) atoms. The van der Waals surface area contributed by atoms with Crippen molar-refractivity contribution in [3.63, 3.8) is 0 Å². The molecule has 1 aliphatic carbocycles.